The van der Waals surface area contributed by atoms with Crippen LogP contribution in [0.5, 0.6) is 0 Å². The molecule has 158 valence electrons. The molecule has 29 heavy (non-hydrogen) atoms. The predicted octanol–water partition coefficient (Wildman–Crippen LogP) is 3.68. The van der Waals surface area contributed by atoms with Crippen LogP contribution < -0.4 is 5.32 Å². The average molecular weight is 400 g/mol. The van der Waals surface area contributed by atoms with Gasteiger partial charge in [-0.05, 0) is 74.7 Å². The van der Waals surface area contributed by atoms with E-state index in [1.165, 1.54) is 31.5 Å². The quantitative estimate of drug-likeness (QED) is 0.792. The summed E-state index contributed by atoms with van der Waals surface area (Å²) in [7, 11) is 0. The molecule has 2 saturated heterocycles. The number of fused-ring (bicyclic) bond motifs is 1. The van der Waals surface area contributed by atoms with E-state index < -0.39 is 11.4 Å². The number of piperidine rings is 1. The largest absolute Gasteiger partial charge is 0.481 e. The topological polar surface area (TPSA) is 72.9 Å². The Kier molecular flexibility index (Phi) is 5.81. The highest BCUT2D eigenvalue weighted by molar-refractivity contribution is 5.90. The average Bonchev–Trinajstić information content (AvgIpc) is 3.27. The fourth-order valence-corrected chi connectivity index (χ4v) is 5.37. The van der Waals surface area contributed by atoms with E-state index in [4.69, 9.17) is 0 Å². The third-order valence-corrected chi connectivity index (χ3v) is 7.36. The maximum atomic E-state index is 12.8. The van der Waals surface area contributed by atoms with Crippen LogP contribution in [0.25, 0.3) is 0 Å². The maximum absolute atomic E-state index is 12.8. The van der Waals surface area contributed by atoms with E-state index in [2.05, 4.69) is 23.2 Å². The van der Waals surface area contributed by atoms with E-state index in [9.17, 15) is 14.7 Å². The van der Waals surface area contributed by atoms with Crippen LogP contribution in [0, 0.1) is 17.3 Å². The van der Waals surface area contributed by atoms with Gasteiger partial charge in [0.1, 0.15) is 0 Å². The van der Waals surface area contributed by atoms with Gasteiger partial charge < -0.3 is 20.2 Å². The van der Waals surface area contributed by atoms with Crippen LogP contribution in [0.15, 0.2) is 24.3 Å². The fourth-order valence-electron chi connectivity index (χ4n) is 5.37. The summed E-state index contributed by atoms with van der Waals surface area (Å²) in [5.41, 5.74) is 1.29. The molecule has 0 aromatic heterocycles. The predicted molar refractivity (Wildman–Crippen MR) is 113 cm³/mol. The number of carboxylic acid groups (broad SMARTS) is 1. The molecule has 0 bridgehead atoms. The third kappa shape index (κ3) is 4.27. The van der Waals surface area contributed by atoms with Crippen LogP contribution in [0.3, 0.4) is 0 Å². The number of anilines is 1. The van der Waals surface area contributed by atoms with Crippen molar-refractivity contribution in [2.75, 3.05) is 38.0 Å². The molecule has 1 aliphatic carbocycles. The molecule has 0 unspecified atom stereocenters. The first-order valence-corrected chi connectivity index (χ1v) is 11.1. The molecule has 6 nitrogen and oxygen atoms in total. The molecule has 2 amide bonds. The molecule has 0 radical (unpaired) electrons. The Morgan fingerprint density at radius 2 is 2.03 bits per heavy atom. The molecule has 3 aliphatic rings. The Bertz CT molecular complexity index is 759. The van der Waals surface area contributed by atoms with Crippen LogP contribution >= 0.6 is 0 Å². The van der Waals surface area contributed by atoms with Gasteiger partial charge in [-0.25, -0.2) is 4.79 Å². The molecule has 1 aromatic carbocycles. The smallest absolute Gasteiger partial charge is 0.321 e. The van der Waals surface area contributed by atoms with Gasteiger partial charge in [-0.15, -0.1) is 0 Å². The Morgan fingerprint density at radius 1 is 1.24 bits per heavy atom. The first kappa shape index (κ1) is 20.2. The molecule has 3 fully saturated rings. The van der Waals surface area contributed by atoms with Gasteiger partial charge in [0.15, 0.2) is 0 Å². The van der Waals surface area contributed by atoms with E-state index in [0.29, 0.717) is 19.5 Å². The van der Waals surface area contributed by atoms with Crippen molar-refractivity contribution in [3.63, 3.8) is 0 Å². The van der Waals surface area contributed by atoms with Crippen molar-refractivity contribution in [2.45, 2.75) is 45.4 Å². The number of carboxylic acids is 1. The van der Waals surface area contributed by atoms with Crippen LogP contribution in [-0.4, -0.2) is 59.6 Å². The molecular weight excluding hydrogens is 366 g/mol. The van der Waals surface area contributed by atoms with Crippen LogP contribution in [-0.2, 0) is 11.2 Å². The number of hydrogen-bond donors (Lipinski definition) is 2. The highest BCUT2D eigenvalue weighted by atomic mass is 16.4. The zero-order valence-corrected chi connectivity index (χ0v) is 17.4. The van der Waals surface area contributed by atoms with Crippen LogP contribution in [0.2, 0.25) is 0 Å². The number of hydrogen-bond acceptors (Lipinski definition) is 3. The number of nitrogens with zero attached hydrogens (tertiary/aromatic N) is 2. The second-order valence-electron chi connectivity index (χ2n) is 9.34. The van der Waals surface area contributed by atoms with Gasteiger partial charge in [-0.2, -0.15) is 0 Å². The molecule has 2 N–H and O–H groups in total. The summed E-state index contributed by atoms with van der Waals surface area (Å²) in [6.07, 6.45) is 6.08. The highest BCUT2D eigenvalue weighted by Crippen LogP contribution is 2.48. The Hall–Kier alpha value is -2.08. The lowest BCUT2D eigenvalue weighted by Gasteiger charge is -2.30. The zero-order chi connectivity index (χ0) is 20.4. The normalized spacial score (nSPS) is 27.8. The number of aliphatic carboxylic acids is 1. The SMILES string of the molecule is CC1CCN(CCc2cccc(NC(=O)N3C[C@@H]4CCC[C@@]4(C(=O)O)C3)c2)CC1. The maximum Gasteiger partial charge on any atom is 0.321 e. The summed E-state index contributed by atoms with van der Waals surface area (Å²) >= 11 is 0. The molecule has 1 aromatic rings. The first-order valence-electron chi connectivity index (χ1n) is 11.1. The number of likely N-dealkylation sites (tertiary alicyclic amines) is 2. The fraction of sp³-hybridized carbons (Fsp3) is 0.652. The second-order valence-corrected chi connectivity index (χ2v) is 9.34. The number of rotatable bonds is 5. The summed E-state index contributed by atoms with van der Waals surface area (Å²) in [5, 5.41) is 12.7. The van der Waals surface area contributed by atoms with Gasteiger partial charge in [-0.3, -0.25) is 4.79 Å². The van der Waals surface area contributed by atoms with Gasteiger partial charge in [0.05, 0.1) is 5.41 Å². The van der Waals surface area contributed by atoms with Crippen molar-refractivity contribution in [1.82, 2.24) is 9.80 Å². The monoisotopic (exact) mass is 399 g/mol. The Balaban J connectivity index is 1.32. The van der Waals surface area contributed by atoms with Crippen molar-refractivity contribution in [3.05, 3.63) is 29.8 Å². The second kappa shape index (κ2) is 8.34. The number of urea groups is 1. The number of benzene rings is 1. The molecule has 2 aliphatic heterocycles. The van der Waals surface area contributed by atoms with Gasteiger partial charge in [0.2, 0.25) is 0 Å². The van der Waals surface area contributed by atoms with Crippen molar-refractivity contribution in [2.24, 2.45) is 17.3 Å². The number of amides is 2. The van der Waals surface area contributed by atoms with E-state index in [-0.39, 0.29) is 11.9 Å². The van der Waals surface area contributed by atoms with Crippen molar-refractivity contribution in [1.29, 1.82) is 0 Å². The van der Waals surface area contributed by atoms with Crippen molar-refractivity contribution in [3.8, 4) is 0 Å². The summed E-state index contributed by atoms with van der Waals surface area (Å²) in [5.74, 6) is 0.184. The zero-order valence-electron chi connectivity index (χ0n) is 17.4. The molecule has 2 heterocycles. The molecule has 1 saturated carbocycles. The van der Waals surface area contributed by atoms with Crippen LogP contribution in [0.4, 0.5) is 10.5 Å². The number of carbonyl (C=O) groups excluding carboxylic acids is 1. The van der Waals surface area contributed by atoms with Gasteiger partial charge >= 0.3 is 12.0 Å². The first-order chi connectivity index (χ1) is 14.0. The van der Waals surface area contributed by atoms with Crippen molar-refractivity contribution >= 4 is 17.7 Å². The number of carbonyl (C=O) groups is 2. The summed E-state index contributed by atoms with van der Waals surface area (Å²) < 4.78 is 0. The van der Waals surface area contributed by atoms with E-state index in [1.54, 1.807) is 4.90 Å². The summed E-state index contributed by atoms with van der Waals surface area (Å²) in [4.78, 5) is 28.8. The Morgan fingerprint density at radius 3 is 2.76 bits per heavy atom. The lowest BCUT2D eigenvalue weighted by atomic mass is 9.81. The molecule has 0 spiro atoms. The third-order valence-electron chi connectivity index (χ3n) is 7.36. The lowest BCUT2D eigenvalue weighted by molar-refractivity contribution is -0.149. The minimum atomic E-state index is -0.746. The molecule has 2 atom stereocenters. The lowest BCUT2D eigenvalue weighted by Crippen LogP contribution is -2.38. The summed E-state index contributed by atoms with van der Waals surface area (Å²) in [6.45, 7) is 6.61. The highest BCUT2D eigenvalue weighted by Gasteiger charge is 2.55. The minimum Gasteiger partial charge on any atom is -0.481 e. The standard InChI is InChI=1S/C23H33N3O3/c1-17-7-11-25(12-8-17)13-9-18-4-2-6-20(14-18)24-22(29)26-15-19-5-3-10-23(19,16-26)21(27)28/h2,4,6,14,17,19H,3,5,7-13,15-16H2,1H3,(H,24,29)(H,27,28)/t19-,23+/m0/s1. The Labute approximate surface area is 173 Å². The molecule has 6 heteroatoms. The van der Waals surface area contributed by atoms with Crippen molar-refractivity contribution < 1.29 is 14.7 Å². The van der Waals surface area contributed by atoms with Crippen LogP contribution in [0.1, 0.15) is 44.6 Å². The van der Waals surface area contributed by atoms with Gasteiger partial charge in [-0.1, -0.05) is 25.5 Å². The minimum absolute atomic E-state index is 0.0874. The molecular formula is C23H33N3O3. The van der Waals surface area contributed by atoms with E-state index in [1.807, 2.05) is 18.2 Å². The van der Waals surface area contributed by atoms with E-state index >= 15 is 0 Å². The van der Waals surface area contributed by atoms with Gasteiger partial charge in [0.25, 0.3) is 0 Å². The number of nitrogens with one attached hydrogen (secondary N) is 1. The molecule has 4 rings (SSSR count). The van der Waals surface area contributed by atoms with Gasteiger partial charge in [0, 0.05) is 25.3 Å². The van der Waals surface area contributed by atoms with E-state index in [0.717, 1.165) is 37.4 Å². The summed E-state index contributed by atoms with van der Waals surface area (Å²) in [6, 6.07) is 7.88.